The molecule has 2 bridgehead atoms. The van der Waals surface area contributed by atoms with Crippen molar-refractivity contribution in [2.45, 2.75) is 45.2 Å². The summed E-state index contributed by atoms with van der Waals surface area (Å²) in [6, 6.07) is 5.20. The fourth-order valence-electron chi connectivity index (χ4n) is 4.04. The molecular formula is C19H27NO2. The summed E-state index contributed by atoms with van der Waals surface area (Å²) in [5.74, 6) is 2.65. The molecule has 1 aliphatic carbocycles. The van der Waals surface area contributed by atoms with Crippen LogP contribution in [0.4, 0.5) is 0 Å². The Morgan fingerprint density at radius 1 is 1.36 bits per heavy atom. The third-order valence-electron chi connectivity index (χ3n) is 4.97. The van der Waals surface area contributed by atoms with Crippen LogP contribution in [0.1, 0.15) is 37.3 Å². The van der Waals surface area contributed by atoms with Gasteiger partial charge in [0.25, 0.3) is 0 Å². The van der Waals surface area contributed by atoms with Crippen molar-refractivity contribution < 1.29 is 9.47 Å². The van der Waals surface area contributed by atoms with Crippen molar-refractivity contribution in [2.75, 3.05) is 20.3 Å². The van der Waals surface area contributed by atoms with E-state index in [9.17, 15) is 0 Å². The minimum Gasteiger partial charge on any atom is -0.493 e. The highest BCUT2D eigenvalue weighted by Crippen LogP contribution is 2.39. The average molecular weight is 301 g/mol. The topological polar surface area (TPSA) is 21.7 Å². The van der Waals surface area contributed by atoms with E-state index in [2.05, 4.69) is 23.6 Å². The molecule has 1 heterocycles. The van der Waals surface area contributed by atoms with Crippen LogP contribution in [-0.2, 0) is 13.0 Å². The van der Waals surface area contributed by atoms with Gasteiger partial charge in [-0.15, -0.1) is 6.58 Å². The molecule has 3 rings (SSSR count). The standard InChI is InChI=1S/C19H27NO2/c1-4-6-16-9-15(11-18(21-3)19(16)22-5-2)13-20-12-14-7-8-17(20)10-14/h4,9,11,14,17H,1,5-8,10,12-13H2,2-3H3/t14-,17-/m0/s1. The molecule has 0 unspecified atom stereocenters. The number of nitrogens with zero attached hydrogens (tertiary/aromatic N) is 1. The molecule has 2 aliphatic rings. The second-order valence-corrected chi connectivity index (χ2v) is 6.47. The van der Waals surface area contributed by atoms with Crippen LogP contribution in [0.15, 0.2) is 24.8 Å². The van der Waals surface area contributed by atoms with E-state index in [0.717, 1.165) is 36.4 Å². The summed E-state index contributed by atoms with van der Waals surface area (Å²) in [4.78, 5) is 2.64. The number of methoxy groups -OCH3 is 1. The molecule has 22 heavy (non-hydrogen) atoms. The van der Waals surface area contributed by atoms with Crippen molar-refractivity contribution in [1.29, 1.82) is 0 Å². The molecule has 1 saturated carbocycles. The van der Waals surface area contributed by atoms with Crippen LogP contribution in [-0.4, -0.2) is 31.2 Å². The Morgan fingerprint density at radius 2 is 2.23 bits per heavy atom. The zero-order valence-corrected chi connectivity index (χ0v) is 13.8. The molecule has 0 radical (unpaired) electrons. The number of benzene rings is 1. The van der Waals surface area contributed by atoms with Crippen LogP contribution in [0, 0.1) is 5.92 Å². The molecule has 1 aliphatic heterocycles. The number of ether oxygens (including phenoxy) is 2. The maximum atomic E-state index is 5.80. The summed E-state index contributed by atoms with van der Waals surface area (Å²) in [7, 11) is 1.72. The van der Waals surface area contributed by atoms with Gasteiger partial charge in [-0.1, -0.05) is 12.1 Å². The van der Waals surface area contributed by atoms with E-state index in [1.54, 1.807) is 7.11 Å². The van der Waals surface area contributed by atoms with Crippen LogP contribution >= 0.6 is 0 Å². The van der Waals surface area contributed by atoms with Crippen molar-refractivity contribution in [3.05, 3.63) is 35.9 Å². The quantitative estimate of drug-likeness (QED) is 0.715. The van der Waals surface area contributed by atoms with Crippen molar-refractivity contribution in [3.63, 3.8) is 0 Å². The molecule has 0 N–H and O–H groups in total. The number of allylic oxidation sites excluding steroid dienone is 1. The third kappa shape index (κ3) is 3.00. The lowest BCUT2D eigenvalue weighted by Crippen LogP contribution is -2.31. The van der Waals surface area contributed by atoms with E-state index < -0.39 is 0 Å². The average Bonchev–Trinajstić information content (AvgIpc) is 3.12. The molecule has 2 fully saturated rings. The normalized spacial score (nSPS) is 23.7. The number of hydrogen-bond donors (Lipinski definition) is 0. The molecule has 1 saturated heterocycles. The number of likely N-dealkylation sites (tertiary alicyclic amines) is 1. The molecule has 3 heteroatoms. The van der Waals surface area contributed by atoms with Crippen LogP contribution in [0.2, 0.25) is 0 Å². The van der Waals surface area contributed by atoms with Gasteiger partial charge in [-0.2, -0.15) is 0 Å². The van der Waals surface area contributed by atoms with E-state index in [1.165, 1.54) is 36.9 Å². The Balaban J connectivity index is 1.84. The Morgan fingerprint density at radius 3 is 2.82 bits per heavy atom. The van der Waals surface area contributed by atoms with Crippen molar-refractivity contribution in [3.8, 4) is 11.5 Å². The summed E-state index contributed by atoms with van der Waals surface area (Å²) >= 11 is 0. The SMILES string of the molecule is C=CCc1cc(CN2C[C@H]3CC[C@H]2C3)cc(OC)c1OCC. The Labute approximate surface area is 133 Å². The van der Waals surface area contributed by atoms with Crippen LogP contribution in [0.3, 0.4) is 0 Å². The maximum Gasteiger partial charge on any atom is 0.164 e. The van der Waals surface area contributed by atoms with Gasteiger partial charge in [0.1, 0.15) is 0 Å². The fourth-order valence-corrected chi connectivity index (χ4v) is 4.04. The lowest BCUT2D eigenvalue weighted by molar-refractivity contribution is 0.205. The fraction of sp³-hybridized carbons (Fsp3) is 0.579. The van der Waals surface area contributed by atoms with E-state index in [4.69, 9.17) is 9.47 Å². The van der Waals surface area contributed by atoms with Gasteiger partial charge in [0.15, 0.2) is 11.5 Å². The Kier molecular flexibility index (Phi) is 4.72. The summed E-state index contributed by atoms with van der Waals surface area (Å²) in [6.45, 7) is 8.81. The van der Waals surface area contributed by atoms with Gasteiger partial charge in [0, 0.05) is 24.7 Å². The Hall–Kier alpha value is -1.48. The third-order valence-corrected chi connectivity index (χ3v) is 4.97. The molecule has 0 spiro atoms. The maximum absolute atomic E-state index is 5.80. The molecule has 0 amide bonds. The minimum absolute atomic E-state index is 0.649. The van der Waals surface area contributed by atoms with Gasteiger partial charge in [-0.05, 0) is 50.2 Å². The Bertz CT molecular complexity index is 540. The van der Waals surface area contributed by atoms with Crippen molar-refractivity contribution in [1.82, 2.24) is 4.90 Å². The van der Waals surface area contributed by atoms with E-state index in [-0.39, 0.29) is 0 Å². The molecule has 1 aromatic rings. The molecule has 2 atom stereocenters. The number of hydrogen-bond acceptors (Lipinski definition) is 3. The minimum atomic E-state index is 0.649. The summed E-state index contributed by atoms with van der Waals surface area (Å²) in [6.07, 6.45) is 6.94. The van der Waals surface area contributed by atoms with Crippen molar-refractivity contribution in [2.24, 2.45) is 5.92 Å². The number of rotatable bonds is 7. The summed E-state index contributed by atoms with van der Waals surface area (Å²) in [5.41, 5.74) is 2.50. The largest absolute Gasteiger partial charge is 0.493 e. The lowest BCUT2D eigenvalue weighted by atomic mass is 10.0. The number of fused-ring (bicyclic) bond motifs is 2. The van der Waals surface area contributed by atoms with Crippen LogP contribution in [0.5, 0.6) is 11.5 Å². The predicted molar refractivity (Wildman–Crippen MR) is 89.6 cm³/mol. The lowest BCUT2D eigenvalue weighted by Gasteiger charge is -2.27. The molecule has 120 valence electrons. The first-order chi connectivity index (χ1) is 10.7. The highest BCUT2D eigenvalue weighted by atomic mass is 16.5. The van der Waals surface area contributed by atoms with E-state index >= 15 is 0 Å². The van der Waals surface area contributed by atoms with Gasteiger partial charge in [-0.25, -0.2) is 0 Å². The first-order valence-electron chi connectivity index (χ1n) is 8.42. The molecule has 3 nitrogen and oxygen atoms in total. The van der Waals surface area contributed by atoms with Gasteiger partial charge in [-0.3, -0.25) is 4.90 Å². The van der Waals surface area contributed by atoms with Gasteiger partial charge < -0.3 is 9.47 Å². The van der Waals surface area contributed by atoms with Gasteiger partial charge >= 0.3 is 0 Å². The summed E-state index contributed by atoms with van der Waals surface area (Å²) < 4.78 is 11.4. The van der Waals surface area contributed by atoms with Crippen LogP contribution in [0.25, 0.3) is 0 Å². The van der Waals surface area contributed by atoms with E-state index in [1.807, 2.05) is 13.0 Å². The highest BCUT2D eigenvalue weighted by molar-refractivity contribution is 5.50. The zero-order valence-electron chi connectivity index (χ0n) is 13.8. The zero-order chi connectivity index (χ0) is 15.5. The monoisotopic (exact) mass is 301 g/mol. The van der Waals surface area contributed by atoms with E-state index in [0.29, 0.717) is 6.61 Å². The molecule has 0 aromatic heterocycles. The summed E-state index contributed by atoms with van der Waals surface area (Å²) in [5, 5.41) is 0. The first-order valence-corrected chi connectivity index (χ1v) is 8.42. The molecule has 1 aromatic carbocycles. The second kappa shape index (κ2) is 6.74. The van der Waals surface area contributed by atoms with Crippen molar-refractivity contribution >= 4 is 0 Å². The van der Waals surface area contributed by atoms with Gasteiger partial charge in [0.2, 0.25) is 0 Å². The highest BCUT2D eigenvalue weighted by Gasteiger charge is 2.37. The molecular weight excluding hydrogens is 274 g/mol. The van der Waals surface area contributed by atoms with Crippen LogP contribution < -0.4 is 9.47 Å². The first kappa shape index (κ1) is 15.4. The smallest absolute Gasteiger partial charge is 0.164 e. The second-order valence-electron chi connectivity index (χ2n) is 6.47. The predicted octanol–water partition coefficient (Wildman–Crippen LogP) is 3.81. The number of piperidine rings is 1. The van der Waals surface area contributed by atoms with Gasteiger partial charge in [0.05, 0.1) is 13.7 Å².